The van der Waals surface area contributed by atoms with Crippen molar-refractivity contribution in [3.05, 3.63) is 41.7 Å². The van der Waals surface area contributed by atoms with Crippen LogP contribution in [0.1, 0.15) is 22.8 Å². The van der Waals surface area contributed by atoms with Crippen LogP contribution in [0, 0.1) is 0 Å². The minimum Gasteiger partial charge on any atom is -0.493 e. The molecule has 0 radical (unpaired) electrons. The minimum absolute atomic E-state index is 0.413. The normalized spacial score (nSPS) is 10.2. The van der Waals surface area contributed by atoms with E-state index in [9.17, 15) is 4.79 Å². The van der Waals surface area contributed by atoms with E-state index < -0.39 is 0 Å². The number of carbonyl (C=O) groups excluding carboxylic acids is 1. The average molecular weight is 260 g/mol. The van der Waals surface area contributed by atoms with Crippen LogP contribution in [0.3, 0.4) is 0 Å². The fraction of sp³-hybridized carbons (Fsp3) is 0.286. The summed E-state index contributed by atoms with van der Waals surface area (Å²) in [6.07, 6.45) is 4.49. The van der Waals surface area contributed by atoms with Crippen LogP contribution in [0.2, 0.25) is 0 Å². The molecule has 100 valence electrons. The number of aldehydes is 1. The zero-order chi connectivity index (χ0) is 13.7. The molecule has 1 aromatic heterocycles. The number of hydrogen-bond acceptors (Lipinski definition) is 4. The Morgan fingerprint density at radius 3 is 2.84 bits per heavy atom. The molecular formula is C14H16N2O3. The highest BCUT2D eigenvalue weighted by Crippen LogP contribution is 2.28. The lowest BCUT2D eigenvalue weighted by Crippen LogP contribution is -1.98. The molecular weight excluding hydrogens is 244 g/mol. The lowest BCUT2D eigenvalue weighted by atomic mass is 10.2. The maximum absolute atomic E-state index is 10.7. The summed E-state index contributed by atoms with van der Waals surface area (Å²) >= 11 is 0. The minimum atomic E-state index is 0.413. The number of hydrogen-bond donors (Lipinski definition) is 0. The van der Waals surface area contributed by atoms with Crippen LogP contribution in [0.4, 0.5) is 0 Å². The summed E-state index contributed by atoms with van der Waals surface area (Å²) in [6, 6.07) is 5.07. The number of methoxy groups -OCH3 is 1. The second-order valence-electron chi connectivity index (χ2n) is 4.02. The van der Waals surface area contributed by atoms with Gasteiger partial charge in [0.25, 0.3) is 0 Å². The molecule has 0 bridgehead atoms. The molecule has 2 rings (SSSR count). The summed E-state index contributed by atoms with van der Waals surface area (Å²) in [4.78, 5) is 10.7. The van der Waals surface area contributed by atoms with Gasteiger partial charge in [-0.05, 0) is 25.1 Å². The quantitative estimate of drug-likeness (QED) is 0.748. The van der Waals surface area contributed by atoms with E-state index >= 15 is 0 Å². The van der Waals surface area contributed by atoms with Crippen molar-refractivity contribution in [2.75, 3.05) is 7.11 Å². The molecule has 19 heavy (non-hydrogen) atoms. The second kappa shape index (κ2) is 6.04. The molecule has 0 N–H and O–H groups in total. The van der Waals surface area contributed by atoms with Gasteiger partial charge in [0.05, 0.1) is 13.3 Å². The fourth-order valence-corrected chi connectivity index (χ4v) is 1.69. The van der Waals surface area contributed by atoms with Crippen molar-refractivity contribution in [1.82, 2.24) is 9.78 Å². The second-order valence-corrected chi connectivity index (χ2v) is 4.02. The van der Waals surface area contributed by atoms with E-state index in [0.29, 0.717) is 23.7 Å². The number of benzene rings is 1. The van der Waals surface area contributed by atoms with Gasteiger partial charge in [-0.3, -0.25) is 9.48 Å². The lowest BCUT2D eigenvalue weighted by Gasteiger charge is -2.10. The van der Waals surface area contributed by atoms with E-state index in [1.807, 2.05) is 17.8 Å². The Morgan fingerprint density at radius 1 is 1.37 bits per heavy atom. The highest BCUT2D eigenvalue weighted by atomic mass is 16.5. The fourth-order valence-electron chi connectivity index (χ4n) is 1.69. The van der Waals surface area contributed by atoms with E-state index in [4.69, 9.17) is 9.47 Å². The van der Waals surface area contributed by atoms with Gasteiger partial charge in [0, 0.05) is 23.9 Å². The maximum atomic E-state index is 10.7. The van der Waals surface area contributed by atoms with E-state index in [0.717, 1.165) is 18.4 Å². The predicted molar refractivity (Wildman–Crippen MR) is 70.6 cm³/mol. The summed E-state index contributed by atoms with van der Waals surface area (Å²) in [7, 11) is 1.55. The molecule has 0 aliphatic heterocycles. The van der Waals surface area contributed by atoms with Gasteiger partial charge in [0.1, 0.15) is 12.9 Å². The van der Waals surface area contributed by atoms with Gasteiger partial charge in [-0.2, -0.15) is 5.10 Å². The third-order valence-corrected chi connectivity index (χ3v) is 2.73. The zero-order valence-electron chi connectivity index (χ0n) is 11.0. The van der Waals surface area contributed by atoms with Crippen LogP contribution in [0.25, 0.3) is 0 Å². The van der Waals surface area contributed by atoms with Gasteiger partial charge in [-0.25, -0.2) is 0 Å². The van der Waals surface area contributed by atoms with Crippen LogP contribution in [0.5, 0.6) is 11.5 Å². The molecule has 0 fully saturated rings. The maximum Gasteiger partial charge on any atom is 0.161 e. The largest absolute Gasteiger partial charge is 0.493 e. The third kappa shape index (κ3) is 3.13. The van der Waals surface area contributed by atoms with E-state index in [1.165, 1.54) is 0 Å². The van der Waals surface area contributed by atoms with E-state index in [2.05, 4.69) is 5.10 Å². The monoisotopic (exact) mass is 260 g/mol. The van der Waals surface area contributed by atoms with Crippen molar-refractivity contribution in [3.63, 3.8) is 0 Å². The molecule has 0 saturated heterocycles. The Labute approximate surface area is 111 Å². The SMILES string of the molecule is CCn1cc(COc2ccc(C=O)cc2OC)cn1. The highest BCUT2D eigenvalue weighted by Gasteiger charge is 2.06. The zero-order valence-corrected chi connectivity index (χ0v) is 11.0. The van der Waals surface area contributed by atoms with Crippen molar-refractivity contribution in [2.24, 2.45) is 0 Å². The summed E-state index contributed by atoms with van der Waals surface area (Å²) in [5.41, 5.74) is 1.55. The van der Waals surface area contributed by atoms with Crippen molar-refractivity contribution in [1.29, 1.82) is 0 Å². The van der Waals surface area contributed by atoms with Gasteiger partial charge < -0.3 is 9.47 Å². The topological polar surface area (TPSA) is 53.4 Å². The van der Waals surface area contributed by atoms with Gasteiger partial charge >= 0.3 is 0 Å². The standard InChI is InChI=1S/C14H16N2O3/c1-3-16-8-12(7-15-16)10-19-13-5-4-11(9-17)6-14(13)18-2/h4-9H,3,10H2,1-2H3. The number of rotatable bonds is 6. The number of aryl methyl sites for hydroxylation is 1. The van der Waals surface area contributed by atoms with Crippen molar-refractivity contribution in [2.45, 2.75) is 20.1 Å². The third-order valence-electron chi connectivity index (χ3n) is 2.73. The Balaban J connectivity index is 2.08. The number of aromatic nitrogens is 2. The molecule has 2 aromatic rings. The van der Waals surface area contributed by atoms with E-state index in [1.54, 1.807) is 31.5 Å². The molecule has 0 aliphatic rings. The number of carbonyl (C=O) groups is 1. The first kappa shape index (κ1) is 13.1. The Morgan fingerprint density at radius 2 is 2.21 bits per heavy atom. The molecule has 0 aliphatic carbocycles. The molecule has 0 saturated carbocycles. The summed E-state index contributed by atoms with van der Waals surface area (Å²) in [6.45, 7) is 3.27. The molecule has 5 nitrogen and oxygen atoms in total. The summed E-state index contributed by atoms with van der Waals surface area (Å²) in [5.74, 6) is 1.16. The van der Waals surface area contributed by atoms with Crippen LogP contribution in [-0.2, 0) is 13.2 Å². The van der Waals surface area contributed by atoms with Gasteiger partial charge in [-0.15, -0.1) is 0 Å². The van der Waals surface area contributed by atoms with Crippen molar-refractivity contribution in [3.8, 4) is 11.5 Å². The van der Waals surface area contributed by atoms with Crippen molar-refractivity contribution < 1.29 is 14.3 Å². The van der Waals surface area contributed by atoms with Gasteiger partial charge in [0.15, 0.2) is 11.5 Å². The first-order valence-electron chi connectivity index (χ1n) is 6.04. The summed E-state index contributed by atoms with van der Waals surface area (Å²) in [5, 5.41) is 4.18. The molecule has 5 heteroatoms. The van der Waals surface area contributed by atoms with E-state index in [-0.39, 0.29) is 0 Å². The van der Waals surface area contributed by atoms with Crippen LogP contribution in [0.15, 0.2) is 30.6 Å². The Hall–Kier alpha value is -2.30. The predicted octanol–water partition coefficient (Wildman–Crippen LogP) is 2.30. The first-order valence-corrected chi connectivity index (χ1v) is 6.04. The summed E-state index contributed by atoms with van der Waals surface area (Å²) < 4.78 is 12.7. The van der Waals surface area contributed by atoms with Gasteiger partial charge in [-0.1, -0.05) is 0 Å². The molecule has 0 amide bonds. The Bertz CT molecular complexity index is 564. The highest BCUT2D eigenvalue weighted by molar-refractivity contribution is 5.76. The first-order chi connectivity index (χ1) is 9.26. The van der Waals surface area contributed by atoms with Crippen LogP contribution < -0.4 is 9.47 Å². The number of ether oxygens (including phenoxy) is 2. The number of nitrogens with zero attached hydrogens (tertiary/aromatic N) is 2. The molecule has 0 spiro atoms. The molecule has 0 unspecified atom stereocenters. The van der Waals surface area contributed by atoms with Gasteiger partial charge in [0.2, 0.25) is 0 Å². The molecule has 0 atom stereocenters. The van der Waals surface area contributed by atoms with Crippen molar-refractivity contribution >= 4 is 6.29 Å². The Kier molecular flexibility index (Phi) is 4.18. The molecule has 1 aromatic carbocycles. The average Bonchev–Trinajstić information content (AvgIpc) is 2.92. The lowest BCUT2D eigenvalue weighted by molar-refractivity contribution is 0.112. The smallest absolute Gasteiger partial charge is 0.161 e. The van der Waals surface area contributed by atoms with Crippen LogP contribution in [-0.4, -0.2) is 23.2 Å². The van der Waals surface area contributed by atoms with Crippen LogP contribution >= 0.6 is 0 Å². The molecule has 1 heterocycles.